The van der Waals surface area contributed by atoms with Gasteiger partial charge in [-0.15, -0.1) is 0 Å². The van der Waals surface area contributed by atoms with Crippen molar-refractivity contribution in [3.05, 3.63) is 34.7 Å². The molecule has 0 aliphatic carbocycles. The molecular formula is C11H16N2O2. The molecule has 1 rings (SSSR count). The minimum absolute atomic E-state index is 0.0873. The molecule has 0 saturated carbocycles. The van der Waals surface area contributed by atoms with E-state index in [1.54, 1.807) is 18.3 Å². The topological polar surface area (TPSA) is 51.1 Å². The number of pyridine rings is 1. The van der Waals surface area contributed by atoms with Crippen molar-refractivity contribution < 1.29 is 4.79 Å². The molecule has 4 nitrogen and oxygen atoms in total. The molecule has 0 aromatic carbocycles. The quantitative estimate of drug-likeness (QED) is 0.794. The molecule has 0 fully saturated rings. The number of hydrogen-bond donors (Lipinski definition) is 1. The van der Waals surface area contributed by atoms with E-state index in [9.17, 15) is 9.59 Å². The largest absolute Gasteiger partial charge is 0.352 e. The number of aromatic nitrogens is 1. The molecule has 82 valence electrons. The highest BCUT2D eigenvalue weighted by atomic mass is 16.2. The van der Waals surface area contributed by atoms with Gasteiger partial charge >= 0.3 is 0 Å². The summed E-state index contributed by atoms with van der Waals surface area (Å²) in [6, 6.07) is 4.98. The van der Waals surface area contributed by atoms with Gasteiger partial charge in [-0.05, 0) is 19.4 Å². The van der Waals surface area contributed by atoms with Gasteiger partial charge in [0.2, 0.25) is 5.91 Å². The minimum Gasteiger partial charge on any atom is -0.352 e. The molecule has 1 amide bonds. The van der Waals surface area contributed by atoms with Crippen LogP contribution in [0.5, 0.6) is 0 Å². The second kappa shape index (κ2) is 5.34. The van der Waals surface area contributed by atoms with Gasteiger partial charge in [0, 0.05) is 18.3 Å². The fourth-order valence-electron chi connectivity index (χ4n) is 1.17. The summed E-state index contributed by atoms with van der Waals surface area (Å²) >= 11 is 0. The number of nitrogens with one attached hydrogen (secondary N) is 1. The number of carbonyl (C=O) groups is 1. The Morgan fingerprint density at radius 2 is 2.27 bits per heavy atom. The molecule has 1 heterocycles. The number of hydrogen-bond acceptors (Lipinski definition) is 2. The lowest BCUT2D eigenvalue weighted by atomic mass is 10.2. The smallest absolute Gasteiger partial charge is 0.250 e. The maximum absolute atomic E-state index is 11.5. The highest BCUT2D eigenvalue weighted by molar-refractivity contribution is 5.75. The highest BCUT2D eigenvalue weighted by Gasteiger charge is 2.06. The normalized spacial score (nSPS) is 12.1. The second-order valence-corrected chi connectivity index (χ2v) is 3.54. The van der Waals surface area contributed by atoms with E-state index in [1.807, 2.05) is 13.8 Å². The monoisotopic (exact) mass is 208 g/mol. The maximum atomic E-state index is 11.5. The molecule has 0 aliphatic heterocycles. The lowest BCUT2D eigenvalue weighted by Crippen LogP contribution is -2.36. The summed E-state index contributed by atoms with van der Waals surface area (Å²) in [6.07, 6.45) is 2.49. The molecule has 0 aliphatic rings. The highest BCUT2D eigenvalue weighted by Crippen LogP contribution is 1.89. The van der Waals surface area contributed by atoms with Gasteiger partial charge in [-0.1, -0.05) is 13.0 Å². The van der Waals surface area contributed by atoms with Crippen LogP contribution in [-0.2, 0) is 11.3 Å². The molecule has 0 saturated heterocycles. The fraction of sp³-hybridized carbons (Fsp3) is 0.455. The first-order valence-corrected chi connectivity index (χ1v) is 5.08. The van der Waals surface area contributed by atoms with Crippen LogP contribution in [0.4, 0.5) is 0 Å². The van der Waals surface area contributed by atoms with Crippen LogP contribution in [0.2, 0.25) is 0 Å². The van der Waals surface area contributed by atoms with Crippen LogP contribution < -0.4 is 10.9 Å². The molecular weight excluding hydrogens is 192 g/mol. The predicted molar refractivity (Wildman–Crippen MR) is 58.6 cm³/mol. The van der Waals surface area contributed by atoms with E-state index < -0.39 is 0 Å². The van der Waals surface area contributed by atoms with Gasteiger partial charge in [0.1, 0.15) is 6.54 Å². The van der Waals surface area contributed by atoms with Crippen molar-refractivity contribution in [3.8, 4) is 0 Å². The summed E-state index contributed by atoms with van der Waals surface area (Å²) in [5.41, 5.74) is -0.156. The van der Waals surface area contributed by atoms with Crippen LogP contribution in [0.15, 0.2) is 29.2 Å². The third kappa shape index (κ3) is 3.58. The molecule has 0 spiro atoms. The fourth-order valence-corrected chi connectivity index (χ4v) is 1.17. The van der Waals surface area contributed by atoms with Crippen LogP contribution in [0, 0.1) is 0 Å². The Kier molecular flexibility index (Phi) is 4.09. The molecule has 0 radical (unpaired) electrons. The van der Waals surface area contributed by atoms with Crippen LogP contribution in [0.25, 0.3) is 0 Å². The first-order chi connectivity index (χ1) is 7.13. The zero-order chi connectivity index (χ0) is 11.3. The Bertz CT molecular complexity index is 384. The zero-order valence-corrected chi connectivity index (χ0v) is 9.06. The molecule has 1 aromatic heterocycles. The van der Waals surface area contributed by atoms with Crippen LogP contribution >= 0.6 is 0 Å². The van der Waals surface area contributed by atoms with Gasteiger partial charge in [-0.25, -0.2) is 0 Å². The number of rotatable bonds is 4. The van der Waals surface area contributed by atoms with Crippen LogP contribution in [0.1, 0.15) is 20.3 Å². The van der Waals surface area contributed by atoms with E-state index in [-0.39, 0.29) is 24.1 Å². The van der Waals surface area contributed by atoms with Crippen molar-refractivity contribution >= 4 is 5.91 Å². The van der Waals surface area contributed by atoms with Gasteiger partial charge in [-0.2, -0.15) is 0 Å². The summed E-state index contributed by atoms with van der Waals surface area (Å²) in [6.45, 7) is 4.02. The SMILES string of the molecule is CCC(C)NC(=O)Cn1ccccc1=O. The second-order valence-electron chi connectivity index (χ2n) is 3.54. The van der Waals surface area contributed by atoms with E-state index in [0.717, 1.165) is 6.42 Å². The molecule has 1 atom stereocenters. The van der Waals surface area contributed by atoms with Crippen molar-refractivity contribution in [1.29, 1.82) is 0 Å². The van der Waals surface area contributed by atoms with E-state index >= 15 is 0 Å². The Labute approximate surface area is 88.9 Å². The number of nitrogens with zero attached hydrogens (tertiary/aromatic N) is 1. The average Bonchev–Trinajstić information content (AvgIpc) is 2.21. The Balaban J connectivity index is 2.59. The summed E-state index contributed by atoms with van der Waals surface area (Å²) in [5.74, 6) is -0.127. The number of carbonyl (C=O) groups excluding carboxylic acids is 1. The maximum Gasteiger partial charge on any atom is 0.250 e. The lowest BCUT2D eigenvalue weighted by molar-refractivity contribution is -0.122. The Hall–Kier alpha value is -1.58. The third-order valence-electron chi connectivity index (χ3n) is 2.23. The third-order valence-corrected chi connectivity index (χ3v) is 2.23. The molecule has 0 bridgehead atoms. The van der Waals surface area contributed by atoms with Crippen molar-refractivity contribution in [1.82, 2.24) is 9.88 Å². The van der Waals surface area contributed by atoms with Crippen molar-refractivity contribution in [2.75, 3.05) is 0 Å². The standard InChI is InChI=1S/C11H16N2O2/c1-3-9(2)12-10(14)8-13-7-5-4-6-11(13)15/h4-7,9H,3,8H2,1-2H3,(H,12,14). The zero-order valence-electron chi connectivity index (χ0n) is 9.06. The van der Waals surface area contributed by atoms with Gasteiger partial charge in [0.15, 0.2) is 0 Å². The predicted octanol–water partition coefficient (Wildman–Crippen LogP) is 0.763. The van der Waals surface area contributed by atoms with Gasteiger partial charge < -0.3 is 9.88 Å². The van der Waals surface area contributed by atoms with Gasteiger partial charge in [0.25, 0.3) is 5.56 Å². The van der Waals surface area contributed by atoms with Crippen molar-refractivity contribution in [3.63, 3.8) is 0 Å². The van der Waals surface area contributed by atoms with Crippen LogP contribution in [0.3, 0.4) is 0 Å². The Morgan fingerprint density at radius 3 is 2.87 bits per heavy atom. The molecule has 1 aromatic rings. The molecule has 4 heteroatoms. The van der Waals surface area contributed by atoms with E-state index in [4.69, 9.17) is 0 Å². The summed E-state index contributed by atoms with van der Waals surface area (Å²) < 4.78 is 1.39. The van der Waals surface area contributed by atoms with E-state index in [1.165, 1.54) is 10.6 Å². The van der Waals surface area contributed by atoms with Crippen molar-refractivity contribution in [2.24, 2.45) is 0 Å². The lowest BCUT2D eigenvalue weighted by Gasteiger charge is -2.11. The first-order valence-electron chi connectivity index (χ1n) is 5.08. The number of amides is 1. The van der Waals surface area contributed by atoms with Gasteiger partial charge in [-0.3, -0.25) is 9.59 Å². The summed E-state index contributed by atoms with van der Waals surface area (Å²) in [4.78, 5) is 22.8. The summed E-state index contributed by atoms with van der Waals surface area (Å²) in [7, 11) is 0. The van der Waals surface area contributed by atoms with Crippen LogP contribution in [-0.4, -0.2) is 16.5 Å². The molecule has 15 heavy (non-hydrogen) atoms. The van der Waals surface area contributed by atoms with E-state index in [2.05, 4.69) is 5.32 Å². The first kappa shape index (κ1) is 11.5. The molecule has 1 unspecified atom stereocenters. The molecule has 1 N–H and O–H groups in total. The Morgan fingerprint density at radius 1 is 1.53 bits per heavy atom. The average molecular weight is 208 g/mol. The minimum atomic E-state index is -0.156. The van der Waals surface area contributed by atoms with Gasteiger partial charge in [0.05, 0.1) is 0 Å². The van der Waals surface area contributed by atoms with E-state index in [0.29, 0.717) is 0 Å². The van der Waals surface area contributed by atoms with Crippen molar-refractivity contribution in [2.45, 2.75) is 32.9 Å². The summed E-state index contributed by atoms with van der Waals surface area (Å²) in [5, 5.41) is 2.81.